The van der Waals surface area contributed by atoms with Crippen molar-refractivity contribution in [1.29, 1.82) is 0 Å². The molecular formula is C13H15Cl3O3. The molecule has 3 atom stereocenters. The molecule has 19 heavy (non-hydrogen) atoms. The first kappa shape index (κ1) is 15.2. The smallest absolute Gasteiger partial charge is 0.157 e. The number of rotatable bonds is 5. The van der Waals surface area contributed by atoms with Crippen molar-refractivity contribution in [2.45, 2.75) is 38.1 Å². The van der Waals surface area contributed by atoms with Gasteiger partial charge in [0.2, 0.25) is 0 Å². The minimum Gasteiger partial charge on any atom is -0.484 e. The summed E-state index contributed by atoms with van der Waals surface area (Å²) in [6, 6.07) is 3.14. The van der Waals surface area contributed by atoms with Gasteiger partial charge in [0.15, 0.2) is 5.75 Å². The zero-order valence-electron chi connectivity index (χ0n) is 10.4. The van der Waals surface area contributed by atoms with E-state index in [0.29, 0.717) is 33.8 Å². The summed E-state index contributed by atoms with van der Waals surface area (Å²) >= 11 is 17.9. The van der Waals surface area contributed by atoms with Gasteiger partial charge in [0.05, 0.1) is 16.1 Å². The van der Waals surface area contributed by atoms with Gasteiger partial charge >= 0.3 is 0 Å². The molecule has 3 nitrogen and oxygen atoms in total. The predicted molar refractivity (Wildman–Crippen MR) is 76.5 cm³/mol. The third-order valence-corrected chi connectivity index (χ3v) is 3.75. The Morgan fingerprint density at radius 1 is 1.26 bits per heavy atom. The molecule has 2 rings (SSSR count). The fraction of sp³-hybridized carbons (Fsp3) is 0.538. The molecule has 106 valence electrons. The zero-order chi connectivity index (χ0) is 14.0. The molecule has 1 aromatic carbocycles. The highest BCUT2D eigenvalue weighted by molar-refractivity contribution is 6.40. The molecule has 1 aromatic rings. The zero-order valence-corrected chi connectivity index (χ0v) is 12.7. The second kappa shape index (κ2) is 6.51. The molecule has 0 aliphatic heterocycles. The van der Waals surface area contributed by atoms with Crippen molar-refractivity contribution in [3.05, 3.63) is 27.2 Å². The van der Waals surface area contributed by atoms with Crippen LogP contribution in [0.25, 0.3) is 0 Å². The number of halogens is 3. The molecule has 0 bridgehead atoms. The summed E-state index contributed by atoms with van der Waals surface area (Å²) in [5.41, 5.74) is 0. The van der Waals surface area contributed by atoms with Crippen molar-refractivity contribution >= 4 is 34.8 Å². The highest BCUT2D eigenvalue weighted by atomic mass is 35.5. The molecular weight excluding hydrogens is 310 g/mol. The Balaban J connectivity index is 2.05. The number of hydrogen-bond acceptors (Lipinski definition) is 3. The lowest BCUT2D eigenvalue weighted by Crippen LogP contribution is -2.55. The summed E-state index contributed by atoms with van der Waals surface area (Å²) in [6.07, 6.45) is 0.323. The molecule has 0 radical (unpaired) electrons. The number of benzene rings is 1. The van der Waals surface area contributed by atoms with E-state index >= 15 is 0 Å². The van der Waals surface area contributed by atoms with Crippen LogP contribution < -0.4 is 4.74 Å². The Morgan fingerprint density at radius 3 is 2.42 bits per heavy atom. The average molecular weight is 326 g/mol. The van der Waals surface area contributed by atoms with E-state index in [-0.39, 0.29) is 12.2 Å². The third-order valence-electron chi connectivity index (χ3n) is 2.97. The Bertz CT molecular complexity index is 430. The van der Waals surface area contributed by atoms with Gasteiger partial charge in [0, 0.05) is 18.1 Å². The lowest BCUT2D eigenvalue weighted by Gasteiger charge is -2.41. The Hall–Kier alpha value is -0.190. The van der Waals surface area contributed by atoms with Crippen molar-refractivity contribution in [3.63, 3.8) is 0 Å². The lowest BCUT2D eigenvalue weighted by atomic mass is 9.88. The van der Waals surface area contributed by atoms with Gasteiger partial charge in [-0.05, 0) is 18.6 Å². The first-order chi connectivity index (χ1) is 9.02. The average Bonchev–Trinajstić information content (AvgIpc) is 2.32. The van der Waals surface area contributed by atoms with Crippen molar-refractivity contribution in [2.24, 2.45) is 0 Å². The van der Waals surface area contributed by atoms with Crippen molar-refractivity contribution < 1.29 is 14.6 Å². The Kier molecular flexibility index (Phi) is 5.21. The predicted octanol–water partition coefficient (Wildman–Crippen LogP) is 3.95. The minimum absolute atomic E-state index is 0.238. The first-order valence-corrected chi connectivity index (χ1v) is 7.27. The van der Waals surface area contributed by atoms with E-state index in [0.717, 1.165) is 6.42 Å². The lowest BCUT2D eigenvalue weighted by molar-refractivity contribution is -0.162. The van der Waals surface area contributed by atoms with E-state index in [4.69, 9.17) is 44.3 Å². The molecule has 6 heteroatoms. The molecule has 1 aliphatic carbocycles. The van der Waals surface area contributed by atoms with Crippen LogP contribution in [0.3, 0.4) is 0 Å². The van der Waals surface area contributed by atoms with Gasteiger partial charge in [0.1, 0.15) is 12.2 Å². The quantitative estimate of drug-likeness (QED) is 0.890. The topological polar surface area (TPSA) is 38.7 Å². The van der Waals surface area contributed by atoms with Crippen LogP contribution in [0.5, 0.6) is 5.75 Å². The van der Waals surface area contributed by atoms with Gasteiger partial charge < -0.3 is 14.6 Å². The van der Waals surface area contributed by atoms with Gasteiger partial charge in [0.25, 0.3) is 0 Å². The monoisotopic (exact) mass is 324 g/mol. The first-order valence-electron chi connectivity index (χ1n) is 6.13. The number of aliphatic hydroxyl groups excluding tert-OH is 1. The van der Waals surface area contributed by atoms with E-state index in [1.54, 1.807) is 12.1 Å². The van der Waals surface area contributed by atoms with Crippen molar-refractivity contribution in [2.75, 3.05) is 6.61 Å². The van der Waals surface area contributed by atoms with E-state index < -0.39 is 6.10 Å². The van der Waals surface area contributed by atoms with Gasteiger partial charge in [-0.2, -0.15) is 0 Å². The van der Waals surface area contributed by atoms with Crippen LogP contribution in [0.4, 0.5) is 0 Å². The summed E-state index contributed by atoms with van der Waals surface area (Å²) in [4.78, 5) is 0. The van der Waals surface area contributed by atoms with Crippen LogP contribution in [0.15, 0.2) is 12.1 Å². The molecule has 1 aliphatic rings. The molecule has 3 unspecified atom stereocenters. The maximum atomic E-state index is 9.67. The molecule has 0 aromatic heterocycles. The minimum atomic E-state index is -0.499. The fourth-order valence-corrected chi connectivity index (χ4v) is 2.84. The second-order valence-electron chi connectivity index (χ2n) is 4.49. The number of ether oxygens (including phenoxy) is 2. The van der Waals surface area contributed by atoms with Crippen LogP contribution in [0, 0.1) is 0 Å². The van der Waals surface area contributed by atoms with Crippen LogP contribution in [0.2, 0.25) is 15.1 Å². The van der Waals surface area contributed by atoms with Crippen LogP contribution >= 0.6 is 34.8 Å². The molecule has 1 fully saturated rings. The summed E-state index contributed by atoms with van der Waals surface area (Å²) in [6.45, 7) is 2.59. The number of hydrogen-bond donors (Lipinski definition) is 1. The standard InChI is InChI=1S/C13H15Cl3O3/c1-2-3-18-13-10(17)6-11(13)19-12-8(15)4-7(14)5-9(12)16/h4-5,10-11,13,17H,2-3,6H2,1H3. The molecule has 0 saturated heterocycles. The van der Waals surface area contributed by atoms with Crippen molar-refractivity contribution in [3.8, 4) is 5.75 Å². The molecule has 1 saturated carbocycles. The van der Waals surface area contributed by atoms with E-state index in [1.807, 2.05) is 6.92 Å². The van der Waals surface area contributed by atoms with E-state index in [2.05, 4.69) is 0 Å². The maximum absolute atomic E-state index is 9.67. The van der Waals surface area contributed by atoms with E-state index in [9.17, 15) is 5.11 Å². The van der Waals surface area contributed by atoms with Gasteiger partial charge in [-0.25, -0.2) is 0 Å². The van der Waals surface area contributed by atoms with Crippen LogP contribution in [-0.2, 0) is 4.74 Å². The highest BCUT2D eigenvalue weighted by Gasteiger charge is 2.43. The Labute approximate surface area is 127 Å². The van der Waals surface area contributed by atoms with E-state index in [1.165, 1.54) is 0 Å². The second-order valence-corrected chi connectivity index (χ2v) is 5.74. The van der Waals surface area contributed by atoms with Gasteiger partial charge in [-0.15, -0.1) is 0 Å². The highest BCUT2D eigenvalue weighted by Crippen LogP contribution is 2.39. The summed E-state index contributed by atoms with van der Waals surface area (Å²) in [7, 11) is 0. The fourth-order valence-electron chi connectivity index (χ4n) is 1.94. The third kappa shape index (κ3) is 3.47. The van der Waals surface area contributed by atoms with Crippen LogP contribution in [0.1, 0.15) is 19.8 Å². The summed E-state index contributed by atoms with van der Waals surface area (Å²) in [5, 5.41) is 10.8. The number of aliphatic hydroxyl groups is 1. The largest absolute Gasteiger partial charge is 0.484 e. The normalized spacial score (nSPS) is 26.1. The summed E-state index contributed by atoms with van der Waals surface area (Å²) < 4.78 is 11.3. The maximum Gasteiger partial charge on any atom is 0.157 e. The molecule has 0 heterocycles. The van der Waals surface area contributed by atoms with Gasteiger partial charge in [-0.3, -0.25) is 0 Å². The molecule has 1 N–H and O–H groups in total. The summed E-state index contributed by atoms with van der Waals surface area (Å²) in [5.74, 6) is 0.384. The van der Waals surface area contributed by atoms with Crippen LogP contribution in [-0.4, -0.2) is 30.0 Å². The van der Waals surface area contributed by atoms with Gasteiger partial charge in [-0.1, -0.05) is 41.7 Å². The molecule has 0 spiro atoms. The molecule has 0 amide bonds. The SMILES string of the molecule is CCCOC1C(O)CC1Oc1c(Cl)cc(Cl)cc1Cl. The van der Waals surface area contributed by atoms with Crippen molar-refractivity contribution in [1.82, 2.24) is 0 Å². The Morgan fingerprint density at radius 2 is 1.89 bits per heavy atom.